The second-order valence-corrected chi connectivity index (χ2v) is 7.61. The molecule has 2 heterocycles. The van der Waals surface area contributed by atoms with Crippen LogP contribution in [0.1, 0.15) is 12.0 Å². The van der Waals surface area contributed by atoms with Crippen LogP contribution in [0.25, 0.3) is 11.1 Å². The highest BCUT2D eigenvalue weighted by Crippen LogP contribution is 2.34. The second-order valence-electron chi connectivity index (χ2n) is 6.83. The fourth-order valence-electron chi connectivity index (χ4n) is 3.71. The molecule has 2 aromatic carbocycles. The average molecular weight is 382 g/mol. The molecule has 1 atom stereocenters. The predicted molar refractivity (Wildman–Crippen MR) is 117 cm³/mol. The van der Waals surface area contributed by atoms with Gasteiger partial charge in [0.15, 0.2) is 0 Å². The highest BCUT2D eigenvalue weighted by atomic mass is 32.1. The van der Waals surface area contributed by atoms with Crippen LogP contribution in [0.4, 0.5) is 11.4 Å². The van der Waals surface area contributed by atoms with E-state index >= 15 is 0 Å². The minimum atomic E-state index is -0.0342. The van der Waals surface area contributed by atoms with Gasteiger partial charge in [-0.25, -0.2) is 4.99 Å². The zero-order valence-electron chi connectivity index (χ0n) is 15.2. The fraction of sp³-hybridized carbons (Fsp3) is 0.0833. The summed E-state index contributed by atoms with van der Waals surface area (Å²) >= 11 is 1.68. The molecule has 0 saturated heterocycles. The van der Waals surface area contributed by atoms with Crippen molar-refractivity contribution in [1.29, 1.82) is 0 Å². The number of anilines is 1. The first kappa shape index (κ1) is 16.9. The third-order valence-corrected chi connectivity index (χ3v) is 5.78. The van der Waals surface area contributed by atoms with Crippen LogP contribution in [-0.2, 0) is 4.79 Å². The normalized spacial score (nSPS) is 19.4. The van der Waals surface area contributed by atoms with Crippen LogP contribution in [-0.4, -0.2) is 17.7 Å². The van der Waals surface area contributed by atoms with Gasteiger partial charge < -0.3 is 0 Å². The Bertz CT molecular complexity index is 1110. The Kier molecular flexibility index (Phi) is 4.26. The van der Waals surface area contributed by atoms with Crippen molar-refractivity contribution in [2.24, 2.45) is 4.99 Å². The third-order valence-electron chi connectivity index (χ3n) is 5.09. The number of hydrogen-bond donors (Lipinski definition) is 0. The van der Waals surface area contributed by atoms with E-state index in [1.807, 2.05) is 53.5 Å². The summed E-state index contributed by atoms with van der Waals surface area (Å²) in [4.78, 5) is 19.9. The number of para-hydroxylation sites is 1. The van der Waals surface area contributed by atoms with Crippen molar-refractivity contribution < 1.29 is 4.79 Å². The molecule has 0 fully saturated rings. The fourth-order valence-corrected chi connectivity index (χ4v) is 4.37. The quantitative estimate of drug-likeness (QED) is 0.566. The number of fused-ring (bicyclic) bond motifs is 1. The van der Waals surface area contributed by atoms with Gasteiger partial charge in [-0.3, -0.25) is 9.69 Å². The van der Waals surface area contributed by atoms with Gasteiger partial charge in [-0.2, -0.15) is 11.3 Å². The maximum atomic E-state index is 13.3. The van der Waals surface area contributed by atoms with Crippen molar-refractivity contribution in [1.82, 2.24) is 0 Å². The van der Waals surface area contributed by atoms with Crippen LogP contribution >= 0.6 is 11.3 Å². The Morgan fingerprint density at radius 2 is 1.82 bits per heavy atom. The van der Waals surface area contributed by atoms with Crippen LogP contribution in [0.3, 0.4) is 0 Å². The van der Waals surface area contributed by atoms with Gasteiger partial charge in [-0.1, -0.05) is 54.6 Å². The van der Waals surface area contributed by atoms with Gasteiger partial charge in [0, 0.05) is 5.56 Å². The van der Waals surface area contributed by atoms with Crippen molar-refractivity contribution in [3.05, 3.63) is 95.2 Å². The van der Waals surface area contributed by atoms with Gasteiger partial charge in [-0.05, 0) is 52.6 Å². The number of benzene rings is 2. The number of aliphatic imine (C=N–C) groups is 1. The van der Waals surface area contributed by atoms with Crippen molar-refractivity contribution in [2.45, 2.75) is 12.5 Å². The minimum absolute atomic E-state index is 0.0342. The van der Waals surface area contributed by atoms with Gasteiger partial charge >= 0.3 is 0 Å². The Hall–Kier alpha value is -3.24. The summed E-state index contributed by atoms with van der Waals surface area (Å²) in [7, 11) is 0. The number of allylic oxidation sites excluding steroid dienone is 2. The Morgan fingerprint density at radius 3 is 2.57 bits per heavy atom. The summed E-state index contributed by atoms with van der Waals surface area (Å²) in [6.45, 7) is 0. The molecule has 2 aliphatic rings. The van der Waals surface area contributed by atoms with Crippen LogP contribution < -0.4 is 4.90 Å². The molecule has 136 valence electrons. The molecule has 1 aliphatic heterocycles. The monoisotopic (exact) mass is 382 g/mol. The van der Waals surface area contributed by atoms with Gasteiger partial charge in [0.25, 0.3) is 5.91 Å². The number of hydrogen-bond acceptors (Lipinski definition) is 3. The van der Waals surface area contributed by atoms with Gasteiger partial charge in [-0.15, -0.1) is 0 Å². The van der Waals surface area contributed by atoms with E-state index in [-0.39, 0.29) is 11.9 Å². The standard InChI is InChI=1S/C24H18N2OS/c27-24-23(25-19-12-10-17(11-13-19)18-14-15-28-16-18)21-8-4-5-9-22(21)26(24)20-6-2-1-3-7-20/h1-6,8-16,20H,7H2/b25-23-. The molecule has 1 aromatic heterocycles. The van der Waals surface area contributed by atoms with E-state index in [4.69, 9.17) is 4.99 Å². The number of carbonyl (C=O) groups excluding carboxylic acids is 1. The van der Waals surface area contributed by atoms with E-state index in [1.54, 1.807) is 11.3 Å². The highest BCUT2D eigenvalue weighted by molar-refractivity contribution is 7.08. The second kappa shape index (κ2) is 7.06. The maximum absolute atomic E-state index is 13.3. The van der Waals surface area contributed by atoms with Crippen LogP contribution in [0.2, 0.25) is 0 Å². The molecule has 1 unspecified atom stereocenters. The SMILES string of the molecule is O=C1/C(=N\c2ccc(-c3ccsc3)cc2)c2ccccc2N1C1C=CC=CC1. The van der Waals surface area contributed by atoms with E-state index in [0.717, 1.165) is 28.9 Å². The first-order valence-corrected chi connectivity index (χ1v) is 10.2. The number of amides is 1. The molecule has 4 heteroatoms. The van der Waals surface area contributed by atoms with Gasteiger partial charge in [0.05, 0.1) is 17.4 Å². The molecule has 3 nitrogen and oxygen atoms in total. The number of rotatable bonds is 3. The van der Waals surface area contributed by atoms with Crippen molar-refractivity contribution >= 4 is 34.3 Å². The lowest BCUT2D eigenvalue weighted by Gasteiger charge is -2.26. The van der Waals surface area contributed by atoms with Gasteiger partial charge in [0.2, 0.25) is 0 Å². The molecule has 0 N–H and O–H groups in total. The lowest BCUT2D eigenvalue weighted by molar-refractivity contribution is -0.112. The third kappa shape index (κ3) is 2.92. The Morgan fingerprint density at radius 1 is 0.964 bits per heavy atom. The zero-order chi connectivity index (χ0) is 18.9. The molecule has 5 rings (SSSR count). The summed E-state index contributed by atoms with van der Waals surface area (Å²) in [6.07, 6.45) is 9.01. The smallest absolute Gasteiger partial charge is 0.278 e. The molecule has 1 aliphatic carbocycles. The van der Waals surface area contributed by atoms with Crippen LogP contribution in [0, 0.1) is 0 Å². The topological polar surface area (TPSA) is 32.7 Å². The van der Waals surface area contributed by atoms with Crippen molar-refractivity contribution in [3.8, 4) is 11.1 Å². The van der Waals surface area contributed by atoms with Crippen LogP contribution in [0.15, 0.2) is 94.7 Å². The summed E-state index contributed by atoms with van der Waals surface area (Å²) in [6, 6.07) is 18.1. The minimum Gasteiger partial charge on any atom is -0.299 e. The molecule has 3 aromatic rings. The largest absolute Gasteiger partial charge is 0.299 e. The maximum Gasteiger partial charge on any atom is 0.278 e. The zero-order valence-corrected chi connectivity index (χ0v) is 16.0. The van der Waals surface area contributed by atoms with E-state index in [1.165, 1.54) is 5.56 Å². The summed E-state index contributed by atoms with van der Waals surface area (Å²) in [5, 5.41) is 4.20. The average Bonchev–Trinajstić information content (AvgIpc) is 3.37. The number of thiophene rings is 1. The Labute approximate surface area is 168 Å². The van der Waals surface area contributed by atoms with Crippen molar-refractivity contribution in [2.75, 3.05) is 4.90 Å². The van der Waals surface area contributed by atoms with E-state index in [2.05, 4.69) is 41.1 Å². The molecular weight excluding hydrogens is 364 g/mol. The summed E-state index contributed by atoms with van der Waals surface area (Å²) < 4.78 is 0. The highest BCUT2D eigenvalue weighted by Gasteiger charge is 2.37. The number of carbonyl (C=O) groups is 1. The first-order valence-electron chi connectivity index (χ1n) is 9.29. The predicted octanol–water partition coefficient (Wildman–Crippen LogP) is 5.77. The van der Waals surface area contributed by atoms with E-state index in [0.29, 0.717) is 5.71 Å². The Balaban J connectivity index is 1.52. The van der Waals surface area contributed by atoms with Crippen LogP contribution in [0.5, 0.6) is 0 Å². The summed E-state index contributed by atoms with van der Waals surface area (Å²) in [5.41, 5.74) is 5.50. The molecule has 1 amide bonds. The molecule has 0 radical (unpaired) electrons. The molecular formula is C24H18N2OS. The van der Waals surface area contributed by atoms with Crippen molar-refractivity contribution in [3.63, 3.8) is 0 Å². The number of nitrogens with zero attached hydrogens (tertiary/aromatic N) is 2. The van der Waals surface area contributed by atoms with E-state index < -0.39 is 0 Å². The molecule has 28 heavy (non-hydrogen) atoms. The molecule has 0 bridgehead atoms. The lowest BCUT2D eigenvalue weighted by atomic mass is 10.1. The summed E-state index contributed by atoms with van der Waals surface area (Å²) in [5.74, 6) is -0.0342. The molecule has 0 spiro atoms. The molecule has 0 saturated carbocycles. The van der Waals surface area contributed by atoms with E-state index in [9.17, 15) is 4.79 Å². The van der Waals surface area contributed by atoms with Gasteiger partial charge in [0.1, 0.15) is 5.71 Å². The lowest BCUT2D eigenvalue weighted by Crippen LogP contribution is -2.38. The first-order chi connectivity index (χ1) is 13.8.